The highest BCUT2D eigenvalue weighted by atomic mass is 16.7. The van der Waals surface area contributed by atoms with Gasteiger partial charge in [-0.25, -0.2) is 4.79 Å². The van der Waals surface area contributed by atoms with Crippen molar-refractivity contribution in [2.75, 3.05) is 19.8 Å². The van der Waals surface area contributed by atoms with Crippen molar-refractivity contribution in [2.45, 2.75) is 45.0 Å². The van der Waals surface area contributed by atoms with E-state index in [1.165, 1.54) is 10.8 Å². The van der Waals surface area contributed by atoms with Gasteiger partial charge in [0.05, 0.1) is 18.3 Å². The molecule has 0 amide bonds. The van der Waals surface area contributed by atoms with E-state index < -0.39 is 36.0 Å². The molecule has 1 fully saturated rings. The van der Waals surface area contributed by atoms with Crippen LogP contribution in [0, 0.1) is 0 Å². The fourth-order valence-electron chi connectivity index (χ4n) is 2.46. The van der Waals surface area contributed by atoms with Gasteiger partial charge in [0.2, 0.25) is 0 Å². The lowest BCUT2D eigenvalue weighted by molar-refractivity contribution is -0.141. The molecule has 1 aliphatic rings. The van der Waals surface area contributed by atoms with Crippen molar-refractivity contribution < 1.29 is 24.4 Å². The van der Waals surface area contributed by atoms with Crippen molar-refractivity contribution in [3.8, 4) is 0 Å². The highest BCUT2D eigenvalue weighted by Gasteiger charge is 2.35. The fraction of sp³-hybridized carbons (Fsp3) is 0.714. The normalized spacial score (nSPS) is 24.5. The monoisotopic (exact) mass is 330 g/mol. The van der Waals surface area contributed by atoms with Gasteiger partial charge in [0.15, 0.2) is 6.29 Å². The molecule has 0 radical (unpaired) electrons. The van der Waals surface area contributed by atoms with Gasteiger partial charge in [0, 0.05) is 25.8 Å². The van der Waals surface area contributed by atoms with E-state index in [1.807, 2.05) is 0 Å². The van der Waals surface area contributed by atoms with Crippen LogP contribution in [0.1, 0.15) is 38.3 Å². The van der Waals surface area contributed by atoms with E-state index in [1.54, 1.807) is 13.8 Å². The SMILES string of the molecule is CCOC(OCC)c1cn([C@@H]2CC(O)[C@H](CO)O2)c(=O)[nH]c1=O. The Balaban J connectivity index is 2.36. The number of aliphatic hydroxyl groups excluding tert-OH is 2. The quantitative estimate of drug-likeness (QED) is 0.562. The number of nitrogens with one attached hydrogen (secondary N) is 1. The fourth-order valence-corrected chi connectivity index (χ4v) is 2.46. The van der Waals surface area contributed by atoms with Crippen molar-refractivity contribution in [1.82, 2.24) is 9.55 Å². The van der Waals surface area contributed by atoms with Crippen LogP contribution in [0.2, 0.25) is 0 Å². The molecule has 1 aromatic heterocycles. The summed E-state index contributed by atoms with van der Waals surface area (Å²) in [4.78, 5) is 26.2. The number of ether oxygens (including phenoxy) is 3. The second kappa shape index (κ2) is 7.84. The summed E-state index contributed by atoms with van der Waals surface area (Å²) >= 11 is 0. The molecule has 0 aromatic carbocycles. The van der Waals surface area contributed by atoms with Gasteiger partial charge in [-0.05, 0) is 13.8 Å². The lowest BCUT2D eigenvalue weighted by Crippen LogP contribution is -2.35. The van der Waals surface area contributed by atoms with Gasteiger partial charge in [0.25, 0.3) is 5.56 Å². The molecule has 1 aromatic rings. The summed E-state index contributed by atoms with van der Waals surface area (Å²) < 4.78 is 17.4. The van der Waals surface area contributed by atoms with Crippen LogP contribution in [0.3, 0.4) is 0 Å². The molecule has 2 rings (SSSR count). The zero-order chi connectivity index (χ0) is 17.0. The molecule has 0 bridgehead atoms. The predicted molar refractivity (Wildman–Crippen MR) is 78.9 cm³/mol. The molecule has 0 saturated carbocycles. The minimum absolute atomic E-state index is 0.130. The van der Waals surface area contributed by atoms with Crippen LogP contribution in [0.5, 0.6) is 0 Å². The maximum absolute atomic E-state index is 12.0. The second-order valence-corrected chi connectivity index (χ2v) is 5.11. The van der Waals surface area contributed by atoms with Gasteiger partial charge in [-0.15, -0.1) is 0 Å². The minimum atomic E-state index is -0.902. The molecule has 1 unspecified atom stereocenters. The van der Waals surface area contributed by atoms with Crippen LogP contribution in [0.4, 0.5) is 0 Å². The highest BCUT2D eigenvalue weighted by molar-refractivity contribution is 5.07. The zero-order valence-electron chi connectivity index (χ0n) is 13.1. The Bertz CT molecular complexity index is 620. The molecule has 1 aliphatic heterocycles. The highest BCUT2D eigenvalue weighted by Crippen LogP contribution is 2.27. The maximum atomic E-state index is 12.0. The van der Waals surface area contributed by atoms with Crippen LogP contribution in [-0.4, -0.2) is 51.8 Å². The smallest absolute Gasteiger partial charge is 0.330 e. The summed E-state index contributed by atoms with van der Waals surface area (Å²) in [6.45, 7) is 3.82. The van der Waals surface area contributed by atoms with Gasteiger partial charge >= 0.3 is 5.69 Å². The molecule has 9 heteroatoms. The lowest BCUT2D eigenvalue weighted by atomic mass is 10.2. The summed E-state index contributed by atoms with van der Waals surface area (Å²) in [6.07, 6.45) is -1.90. The second-order valence-electron chi connectivity index (χ2n) is 5.11. The van der Waals surface area contributed by atoms with E-state index in [-0.39, 0.29) is 18.6 Å². The van der Waals surface area contributed by atoms with Crippen molar-refractivity contribution in [3.63, 3.8) is 0 Å². The Kier molecular flexibility index (Phi) is 6.08. The number of aromatic nitrogens is 2. The van der Waals surface area contributed by atoms with Crippen LogP contribution in [0.15, 0.2) is 15.8 Å². The Morgan fingerprint density at radius 3 is 2.57 bits per heavy atom. The molecule has 23 heavy (non-hydrogen) atoms. The number of hydrogen-bond donors (Lipinski definition) is 3. The summed E-state index contributed by atoms with van der Waals surface area (Å²) in [7, 11) is 0. The van der Waals surface area contributed by atoms with E-state index in [0.29, 0.717) is 13.2 Å². The first-order valence-electron chi connectivity index (χ1n) is 7.54. The van der Waals surface area contributed by atoms with Crippen LogP contribution >= 0.6 is 0 Å². The molecule has 1 saturated heterocycles. The maximum Gasteiger partial charge on any atom is 0.330 e. The first-order valence-corrected chi connectivity index (χ1v) is 7.54. The van der Waals surface area contributed by atoms with Crippen LogP contribution < -0.4 is 11.2 Å². The molecule has 9 nitrogen and oxygen atoms in total. The van der Waals surface area contributed by atoms with E-state index in [4.69, 9.17) is 19.3 Å². The number of rotatable bonds is 7. The number of aromatic amines is 1. The average Bonchev–Trinajstić information content (AvgIpc) is 2.88. The Labute approximate surface area is 132 Å². The molecule has 0 spiro atoms. The Hall–Kier alpha value is -1.52. The molecule has 2 heterocycles. The first kappa shape index (κ1) is 17.8. The molecular weight excluding hydrogens is 308 g/mol. The largest absolute Gasteiger partial charge is 0.394 e. The minimum Gasteiger partial charge on any atom is -0.394 e. The summed E-state index contributed by atoms with van der Waals surface area (Å²) in [5.41, 5.74) is -1.13. The van der Waals surface area contributed by atoms with Crippen molar-refractivity contribution in [3.05, 3.63) is 32.6 Å². The number of hydrogen-bond acceptors (Lipinski definition) is 7. The van der Waals surface area contributed by atoms with Crippen molar-refractivity contribution in [1.29, 1.82) is 0 Å². The first-order chi connectivity index (χ1) is 11.0. The molecule has 3 N–H and O–H groups in total. The van der Waals surface area contributed by atoms with E-state index in [9.17, 15) is 14.7 Å². The summed E-state index contributed by atoms with van der Waals surface area (Å²) in [5.74, 6) is 0. The average molecular weight is 330 g/mol. The standard InChI is InChI=1S/C14H22N2O7/c1-3-21-13(22-4-2)8-6-16(14(20)15-12(8)19)11-5-9(18)10(7-17)23-11/h6,9-11,13,17-18H,3-5,7H2,1-2H3,(H,15,19,20)/t9?,10-,11-/m0/s1. The van der Waals surface area contributed by atoms with Gasteiger partial charge in [-0.3, -0.25) is 14.3 Å². The molecule has 0 aliphatic carbocycles. The van der Waals surface area contributed by atoms with Crippen LogP contribution in [-0.2, 0) is 14.2 Å². The number of H-pyrrole nitrogens is 1. The molecule has 130 valence electrons. The third-order valence-corrected chi connectivity index (χ3v) is 3.58. The molecular formula is C14H22N2O7. The number of nitrogens with zero attached hydrogens (tertiary/aromatic N) is 1. The Morgan fingerprint density at radius 2 is 2.04 bits per heavy atom. The van der Waals surface area contributed by atoms with Gasteiger partial charge in [0.1, 0.15) is 12.3 Å². The summed E-state index contributed by atoms with van der Waals surface area (Å²) in [5, 5.41) is 18.9. The molecule has 3 atom stereocenters. The van der Waals surface area contributed by atoms with E-state index >= 15 is 0 Å². The number of aliphatic hydroxyl groups is 2. The van der Waals surface area contributed by atoms with Crippen molar-refractivity contribution in [2.24, 2.45) is 0 Å². The van der Waals surface area contributed by atoms with Gasteiger partial charge in [-0.2, -0.15) is 0 Å². The third kappa shape index (κ3) is 3.88. The lowest BCUT2D eigenvalue weighted by Gasteiger charge is -2.19. The van der Waals surface area contributed by atoms with E-state index in [2.05, 4.69) is 4.98 Å². The van der Waals surface area contributed by atoms with E-state index in [0.717, 1.165) is 0 Å². The zero-order valence-corrected chi connectivity index (χ0v) is 13.1. The summed E-state index contributed by atoms with van der Waals surface area (Å²) in [6, 6.07) is 0. The van der Waals surface area contributed by atoms with Gasteiger partial charge < -0.3 is 24.4 Å². The van der Waals surface area contributed by atoms with Crippen LogP contribution in [0.25, 0.3) is 0 Å². The van der Waals surface area contributed by atoms with Crippen molar-refractivity contribution >= 4 is 0 Å². The predicted octanol–water partition coefficient (Wildman–Crippen LogP) is -0.751. The van der Waals surface area contributed by atoms with Gasteiger partial charge in [-0.1, -0.05) is 0 Å². The third-order valence-electron chi connectivity index (χ3n) is 3.58. The topological polar surface area (TPSA) is 123 Å². The Morgan fingerprint density at radius 1 is 1.39 bits per heavy atom.